The molecule has 0 fully saturated rings. The number of rotatable bonds is 7. The van der Waals surface area contributed by atoms with E-state index in [-0.39, 0.29) is 24.0 Å². The minimum Gasteiger partial charge on any atom is -0.504 e. The lowest BCUT2D eigenvalue weighted by Crippen LogP contribution is -2.37. The average Bonchev–Trinajstić information content (AvgIpc) is 2.40. The van der Waals surface area contributed by atoms with E-state index in [1.807, 2.05) is 6.92 Å². The van der Waals surface area contributed by atoms with Gasteiger partial charge in [-0.2, -0.15) is 0 Å². The topological polar surface area (TPSA) is 102 Å². The molecule has 0 aliphatic heterocycles. The SMILES string of the molecule is CCOCC(C)OC(=O)C(N)Cc1ccc(O)c(O)c1. The Labute approximate surface area is 118 Å². The minimum absolute atomic E-state index is 0.213. The van der Waals surface area contributed by atoms with Crippen LogP contribution in [0, 0.1) is 0 Å². The maximum atomic E-state index is 11.8. The summed E-state index contributed by atoms with van der Waals surface area (Å²) in [6, 6.07) is 3.47. The minimum atomic E-state index is -0.831. The van der Waals surface area contributed by atoms with E-state index < -0.39 is 12.0 Å². The van der Waals surface area contributed by atoms with Crippen LogP contribution < -0.4 is 5.73 Å². The quantitative estimate of drug-likeness (QED) is 0.508. The molecule has 0 saturated heterocycles. The number of carbonyl (C=O) groups is 1. The van der Waals surface area contributed by atoms with Crippen molar-refractivity contribution in [3.05, 3.63) is 23.8 Å². The van der Waals surface area contributed by atoms with Crippen LogP contribution in [0.15, 0.2) is 18.2 Å². The summed E-state index contributed by atoms with van der Waals surface area (Å²) in [5.74, 6) is -0.979. The fourth-order valence-corrected chi connectivity index (χ4v) is 1.64. The molecule has 2 unspecified atom stereocenters. The summed E-state index contributed by atoms with van der Waals surface area (Å²) >= 11 is 0. The van der Waals surface area contributed by atoms with Gasteiger partial charge in [0.05, 0.1) is 6.61 Å². The third kappa shape index (κ3) is 5.07. The first-order valence-electron chi connectivity index (χ1n) is 6.48. The number of carbonyl (C=O) groups excluding carboxylic acids is 1. The zero-order valence-corrected chi connectivity index (χ0v) is 11.7. The van der Waals surface area contributed by atoms with Gasteiger partial charge in [-0.05, 0) is 38.0 Å². The zero-order chi connectivity index (χ0) is 15.1. The molecule has 0 amide bonds. The van der Waals surface area contributed by atoms with Crippen LogP contribution in [0.2, 0.25) is 0 Å². The number of benzene rings is 1. The molecule has 0 heterocycles. The van der Waals surface area contributed by atoms with Crippen LogP contribution in [0.4, 0.5) is 0 Å². The van der Waals surface area contributed by atoms with Crippen LogP contribution in [0.3, 0.4) is 0 Å². The van der Waals surface area contributed by atoms with Crippen molar-refractivity contribution in [1.82, 2.24) is 0 Å². The second-order valence-corrected chi connectivity index (χ2v) is 4.54. The van der Waals surface area contributed by atoms with Gasteiger partial charge in [0.15, 0.2) is 11.5 Å². The molecular weight excluding hydrogens is 262 g/mol. The van der Waals surface area contributed by atoms with Gasteiger partial charge in [0.1, 0.15) is 12.1 Å². The largest absolute Gasteiger partial charge is 0.504 e. The highest BCUT2D eigenvalue weighted by molar-refractivity contribution is 5.76. The highest BCUT2D eigenvalue weighted by Crippen LogP contribution is 2.25. The lowest BCUT2D eigenvalue weighted by atomic mass is 10.1. The van der Waals surface area contributed by atoms with Crippen molar-refractivity contribution in [3.63, 3.8) is 0 Å². The number of phenols is 2. The molecule has 2 atom stereocenters. The summed E-state index contributed by atoms with van der Waals surface area (Å²) in [6.45, 7) is 4.47. The van der Waals surface area contributed by atoms with Crippen LogP contribution in [0.5, 0.6) is 11.5 Å². The normalized spacial score (nSPS) is 13.8. The van der Waals surface area contributed by atoms with Crippen LogP contribution >= 0.6 is 0 Å². The molecular formula is C14H21NO5. The van der Waals surface area contributed by atoms with Crippen molar-refractivity contribution in [2.75, 3.05) is 13.2 Å². The fourth-order valence-electron chi connectivity index (χ4n) is 1.64. The van der Waals surface area contributed by atoms with E-state index >= 15 is 0 Å². The standard InChI is InChI=1S/C14H21NO5/c1-3-19-8-9(2)20-14(18)11(15)6-10-4-5-12(16)13(17)7-10/h4-5,7,9,11,16-17H,3,6,8,15H2,1-2H3. The third-order valence-corrected chi connectivity index (χ3v) is 2.67. The molecule has 1 aromatic carbocycles. The van der Waals surface area contributed by atoms with E-state index in [4.69, 9.17) is 15.2 Å². The second-order valence-electron chi connectivity index (χ2n) is 4.54. The van der Waals surface area contributed by atoms with E-state index in [1.54, 1.807) is 13.0 Å². The Balaban J connectivity index is 2.50. The smallest absolute Gasteiger partial charge is 0.323 e. The number of esters is 1. The predicted molar refractivity (Wildman–Crippen MR) is 73.5 cm³/mol. The Kier molecular flexibility index (Phi) is 6.27. The lowest BCUT2D eigenvalue weighted by Gasteiger charge is -2.16. The van der Waals surface area contributed by atoms with Gasteiger partial charge in [-0.25, -0.2) is 0 Å². The zero-order valence-electron chi connectivity index (χ0n) is 11.7. The van der Waals surface area contributed by atoms with Crippen LogP contribution in [0.1, 0.15) is 19.4 Å². The van der Waals surface area contributed by atoms with Gasteiger partial charge >= 0.3 is 5.97 Å². The van der Waals surface area contributed by atoms with Gasteiger partial charge in [0.2, 0.25) is 0 Å². The van der Waals surface area contributed by atoms with E-state index in [1.165, 1.54) is 12.1 Å². The van der Waals surface area contributed by atoms with Crippen molar-refractivity contribution in [1.29, 1.82) is 0 Å². The van der Waals surface area contributed by atoms with Crippen molar-refractivity contribution >= 4 is 5.97 Å². The van der Waals surface area contributed by atoms with Gasteiger partial charge < -0.3 is 25.4 Å². The molecule has 0 aliphatic carbocycles. The Hall–Kier alpha value is -1.79. The van der Waals surface area contributed by atoms with Crippen LogP contribution in [0.25, 0.3) is 0 Å². The van der Waals surface area contributed by atoms with Crippen molar-refractivity contribution < 1.29 is 24.5 Å². The summed E-state index contributed by atoms with van der Waals surface area (Å²) < 4.78 is 10.3. The maximum absolute atomic E-state index is 11.8. The van der Waals surface area contributed by atoms with E-state index in [0.29, 0.717) is 18.8 Å². The Morgan fingerprint density at radius 3 is 2.65 bits per heavy atom. The highest BCUT2D eigenvalue weighted by atomic mass is 16.6. The molecule has 1 rings (SSSR count). The van der Waals surface area contributed by atoms with Gasteiger partial charge in [-0.1, -0.05) is 6.07 Å². The van der Waals surface area contributed by atoms with Gasteiger partial charge in [-0.3, -0.25) is 4.79 Å². The van der Waals surface area contributed by atoms with Crippen molar-refractivity contribution in [2.45, 2.75) is 32.4 Å². The number of nitrogens with two attached hydrogens (primary N) is 1. The molecule has 0 bridgehead atoms. The summed E-state index contributed by atoms with van der Waals surface area (Å²) in [4.78, 5) is 11.8. The third-order valence-electron chi connectivity index (χ3n) is 2.67. The van der Waals surface area contributed by atoms with Crippen molar-refractivity contribution in [2.24, 2.45) is 5.73 Å². The predicted octanol–water partition coefficient (Wildman–Crippen LogP) is 0.936. The number of phenolic OH excluding ortho intramolecular Hbond substituents is 2. The average molecular weight is 283 g/mol. The summed E-state index contributed by atoms with van der Waals surface area (Å²) in [5.41, 5.74) is 6.40. The summed E-state index contributed by atoms with van der Waals surface area (Å²) in [7, 11) is 0. The number of aromatic hydroxyl groups is 2. The molecule has 4 N–H and O–H groups in total. The highest BCUT2D eigenvalue weighted by Gasteiger charge is 2.19. The van der Waals surface area contributed by atoms with Crippen molar-refractivity contribution in [3.8, 4) is 11.5 Å². The first-order chi connectivity index (χ1) is 9.43. The molecule has 20 heavy (non-hydrogen) atoms. The monoisotopic (exact) mass is 283 g/mol. The van der Waals surface area contributed by atoms with Gasteiger partial charge in [-0.15, -0.1) is 0 Å². The first kappa shape index (κ1) is 16.3. The number of hydrogen-bond donors (Lipinski definition) is 3. The molecule has 0 aromatic heterocycles. The van der Waals surface area contributed by atoms with E-state index in [9.17, 15) is 15.0 Å². The lowest BCUT2D eigenvalue weighted by molar-refractivity contribution is -0.152. The second kappa shape index (κ2) is 7.72. The van der Waals surface area contributed by atoms with Crippen LogP contribution in [-0.4, -0.2) is 41.5 Å². The number of ether oxygens (including phenoxy) is 2. The Morgan fingerprint density at radius 1 is 1.35 bits per heavy atom. The van der Waals surface area contributed by atoms with Gasteiger partial charge in [0, 0.05) is 6.61 Å². The molecule has 0 spiro atoms. The Bertz CT molecular complexity index is 449. The molecule has 1 aromatic rings. The number of hydrogen-bond acceptors (Lipinski definition) is 6. The summed E-state index contributed by atoms with van der Waals surface area (Å²) in [6.07, 6.45) is -0.143. The Morgan fingerprint density at radius 2 is 2.05 bits per heavy atom. The fraction of sp³-hybridized carbons (Fsp3) is 0.500. The molecule has 0 saturated carbocycles. The molecule has 0 radical (unpaired) electrons. The van der Waals surface area contributed by atoms with E-state index in [2.05, 4.69) is 0 Å². The molecule has 6 heteroatoms. The first-order valence-corrected chi connectivity index (χ1v) is 6.48. The molecule has 0 aliphatic rings. The maximum Gasteiger partial charge on any atom is 0.323 e. The van der Waals surface area contributed by atoms with E-state index in [0.717, 1.165) is 0 Å². The summed E-state index contributed by atoms with van der Waals surface area (Å²) in [5, 5.41) is 18.6. The van der Waals surface area contributed by atoms with Crippen LogP contribution in [-0.2, 0) is 20.7 Å². The molecule has 6 nitrogen and oxygen atoms in total. The van der Waals surface area contributed by atoms with Gasteiger partial charge in [0.25, 0.3) is 0 Å². The molecule has 112 valence electrons.